The summed E-state index contributed by atoms with van der Waals surface area (Å²) in [6, 6.07) is 10.4. The fraction of sp³-hybridized carbons (Fsp3) is 0.105. The van der Waals surface area contributed by atoms with E-state index in [0.29, 0.717) is 5.56 Å². The average molecular weight is 354 g/mol. The maximum atomic E-state index is 12.9. The van der Waals surface area contributed by atoms with Crippen LogP contribution in [0.15, 0.2) is 70.3 Å². The van der Waals surface area contributed by atoms with Crippen molar-refractivity contribution in [2.24, 2.45) is 0 Å². The minimum atomic E-state index is -0.518. The summed E-state index contributed by atoms with van der Waals surface area (Å²) >= 11 is 0. The monoisotopic (exact) mass is 354 g/mol. The molecule has 0 saturated carbocycles. The third kappa shape index (κ3) is 4.54. The summed E-state index contributed by atoms with van der Waals surface area (Å²) in [7, 11) is 0. The SMILES string of the molecule is O=C(NCc1cccnc1)c1cc(=O)c(OCc2ccc(F)cc2)co1. The van der Waals surface area contributed by atoms with Gasteiger partial charge in [-0.2, -0.15) is 0 Å². The van der Waals surface area contributed by atoms with Crippen molar-refractivity contribution in [3.05, 3.63) is 94.0 Å². The Balaban J connectivity index is 1.60. The maximum absolute atomic E-state index is 12.9. The van der Waals surface area contributed by atoms with Gasteiger partial charge in [-0.25, -0.2) is 4.39 Å². The number of carbonyl (C=O) groups excluding carboxylic acids is 1. The smallest absolute Gasteiger partial charge is 0.287 e. The Hall–Kier alpha value is -3.48. The zero-order valence-electron chi connectivity index (χ0n) is 13.6. The number of hydrogen-bond donors (Lipinski definition) is 1. The van der Waals surface area contributed by atoms with Crippen LogP contribution in [-0.2, 0) is 13.2 Å². The van der Waals surface area contributed by atoms with Crippen molar-refractivity contribution in [2.75, 3.05) is 0 Å². The molecule has 3 aromatic rings. The minimum Gasteiger partial charge on any atom is -0.482 e. The molecule has 2 aromatic heterocycles. The number of halogens is 1. The van der Waals surface area contributed by atoms with Crippen molar-refractivity contribution >= 4 is 5.91 Å². The van der Waals surface area contributed by atoms with Crippen molar-refractivity contribution in [3.63, 3.8) is 0 Å². The molecule has 1 amide bonds. The highest BCUT2D eigenvalue weighted by molar-refractivity contribution is 5.91. The van der Waals surface area contributed by atoms with Gasteiger partial charge in [0.1, 0.15) is 18.7 Å². The first-order valence-corrected chi connectivity index (χ1v) is 7.79. The molecule has 0 unspecified atom stereocenters. The largest absolute Gasteiger partial charge is 0.482 e. The van der Waals surface area contributed by atoms with Gasteiger partial charge in [-0.05, 0) is 29.3 Å². The lowest BCUT2D eigenvalue weighted by Gasteiger charge is -2.07. The lowest BCUT2D eigenvalue weighted by Crippen LogP contribution is -2.24. The van der Waals surface area contributed by atoms with Gasteiger partial charge in [0.2, 0.25) is 11.2 Å². The molecule has 0 bridgehead atoms. The summed E-state index contributed by atoms with van der Waals surface area (Å²) in [5, 5.41) is 2.64. The van der Waals surface area contributed by atoms with Crippen LogP contribution in [0.2, 0.25) is 0 Å². The van der Waals surface area contributed by atoms with Gasteiger partial charge in [-0.15, -0.1) is 0 Å². The molecule has 0 fully saturated rings. The zero-order chi connectivity index (χ0) is 18.4. The molecule has 1 aromatic carbocycles. The quantitative estimate of drug-likeness (QED) is 0.736. The van der Waals surface area contributed by atoms with Crippen molar-refractivity contribution in [1.29, 1.82) is 0 Å². The third-order valence-corrected chi connectivity index (χ3v) is 3.51. The Labute approximate surface area is 148 Å². The number of hydrogen-bond acceptors (Lipinski definition) is 5. The van der Waals surface area contributed by atoms with Crippen LogP contribution in [0.1, 0.15) is 21.7 Å². The first-order chi connectivity index (χ1) is 12.6. The van der Waals surface area contributed by atoms with E-state index in [1.807, 2.05) is 6.07 Å². The highest BCUT2D eigenvalue weighted by Crippen LogP contribution is 2.10. The number of carbonyl (C=O) groups is 1. The van der Waals surface area contributed by atoms with Crippen molar-refractivity contribution in [1.82, 2.24) is 10.3 Å². The van der Waals surface area contributed by atoms with Crippen molar-refractivity contribution in [2.45, 2.75) is 13.2 Å². The van der Waals surface area contributed by atoms with Crippen LogP contribution in [0, 0.1) is 5.82 Å². The Morgan fingerprint density at radius 2 is 2.00 bits per heavy atom. The molecule has 132 valence electrons. The Morgan fingerprint density at radius 1 is 1.19 bits per heavy atom. The van der Waals surface area contributed by atoms with E-state index in [2.05, 4.69) is 10.3 Å². The second-order valence-corrected chi connectivity index (χ2v) is 5.43. The Kier molecular flexibility index (Phi) is 5.38. The molecule has 26 heavy (non-hydrogen) atoms. The van der Waals surface area contributed by atoms with E-state index in [1.54, 1.807) is 30.6 Å². The van der Waals surface area contributed by atoms with E-state index in [1.165, 1.54) is 12.1 Å². The van der Waals surface area contributed by atoms with Crippen LogP contribution in [0.25, 0.3) is 0 Å². The van der Waals surface area contributed by atoms with E-state index < -0.39 is 11.3 Å². The first kappa shape index (κ1) is 17.3. The van der Waals surface area contributed by atoms with Gasteiger partial charge < -0.3 is 14.5 Å². The summed E-state index contributed by atoms with van der Waals surface area (Å²) < 4.78 is 23.4. The van der Waals surface area contributed by atoms with Gasteiger partial charge in [0, 0.05) is 25.0 Å². The normalized spacial score (nSPS) is 10.3. The molecule has 0 atom stereocenters. The molecule has 7 heteroatoms. The van der Waals surface area contributed by atoms with Gasteiger partial charge in [0.25, 0.3) is 5.91 Å². The van der Waals surface area contributed by atoms with Crippen molar-refractivity contribution in [3.8, 4) is 5.75 Å². The zero-order valence-corrected chi connectivity index (χ0v) is 13.6. The fourth-order valence-corrected chi connectivity index (χ4v) is 2.14. The molecule has 0 aliphatic rings. The molecular formula is C19H15FN2O4. The summed E-state index contributed by atoms with van der Waals surface area (Å²) in [6.07, 6.45) is 4.35. The molecule has 3 rings (SSSR count). The number of rotatable bonds is 6. The standard InChI is InChI=1S/C19H15FN2O4/c20-15-5-3-13(4-6-15)11-25-18-12-26-17(8-16(18)23)19(24)22-10-14-2-1-7-21-9-14/h1-9,12H,10-11H2,(H,22,24). The Morgan fingerprint density at radius 3 is 2.69 bits per heavy atom. The average Bonchev–Trinajstić information content (AvgIpc) is 2.67. The highest BCUT2D eigenvalue weighted by atomic mass is 19.1. The number of ether oxygens (including phenoxy) is 1. The van der Waals surface area contributed by atoms with E-state index >= 15 is 0 Å². The molecule has 2 heterocycles. The summed E-state index contributed by atoms with van der Waals surface area (Å²) in [5.41, 5.74) is 1.04. The van der Waals surface area contributed by atoms with Gasteiger partial charge in [-0.1, -0.05) is 18.2 Å². The van der Waals surface area contributed by atoms with Crippen LogP contribution >= 0.6 is 0 Å². The number of benzene rings is 1. The van der Waals surface area contributed by atoms with Gasteiger partial charge >= 0.3 is 0 Å². The minimum absolute atomic E-state index is 0.0295. The lowest BCUT2D eigenvalue weighted by molar-refractivity contribution is 0.0919. The summed E-state index contributed by atoms with van der Waals surface area (Å²) in [5.74, 6) is -1.02. The van der Waals surface area contributed by atoms with E-state index in [9.17, 15) is 14.0 Å². The predicted octanol–water partition coefficient (Wildman–Crippen LogP) is 2.68. The summed E-state index contributed by atoms with van der Waals surface area (Å²) in [4.78, 5) is 28.1. The molecule has 0 aliphatic carbocycles. The Bertz CT molecular complexity index is 940. The third-order valence-electron chi connectivity index (χ3n) is 3.51. The van der Waals surface area contributed by atoms with Crippen LogP contribution in [-0.4, -0.2) is 10.9 Å². The predicted molar refractivity (Wildman–Crippen MR) is 91.1 cm³/mol. The molecule has 0 aliphatic heterocycles. The topological polar surface area (TPSA) is 81.4 Å². The highest BCUT2D eigenvalue weighted by Gasteiger charge is 2.12. The van der Waals surface area contributed by atoms with Crippen LogP contribution < -0.4 is 15.5 Å². The lowest BCUT2D eigenvalue weighted by atomic mass is 10.2. The molecule has 0 saturated heterocycles. The molecule has 0 spiro atoms. The second-order valence-electron chi connectivity index (χ2n) is 5.43. The molecule has 0 radical (unpaired) electrons. The van der Waals surface area contributed by atoms with E-state index in [4.69, 9.17) is 9.15 Å². The number of aromatic nitrogens is 1. The first-order valence-electron chi connectivity index (χ1n) is 7.79. The van der Waals surface area contributed by atoms with Crippen LogP contribution in [0.5, 0.6) is 5.75 Å². The number of nitrogens with zero attached hydrogens (tertiary/aromatic N) is 1. The number of pyridine rings is 1. The summed E-state index contributed by atoms with van der Waals surface area (Å²) in [6.45, 7) is 0.344. The molecular weight excluding hydrogens is 339 g/mol. The van der Waals surface area contributed by atoms with E-state index in [0.717, 1.165) is 17.9 Å². The van der Waals surface area contributed by atoms with Crippen molar-refractivity contribution < 1.29 is 18.3 Å². The van der Waals surface area contributed by atoms with Gasteiger partial charge in [0.05, 0.1) is 0 Å². The molecule has 6 nitrogen and oxygen atoms in total. The fourth-order valence-electron chi connectivity index (χ4n) is 2.14. The van der Waals surface area contributed by atoms with Gasteiger partial charge in [0.15, 0.2) is 5.76 Å². The van der Waals surface area contributed by atoms with Gasteiger partial charge in [-0.3, -0.25) is 14.6 Å². The number of amides is 1. The van der Waals surface area contributed by atoms with E-state index in [-0.39, 0.29) is 30.5 Å². The second kappa shape index (κ2) is 8.06. The maximum Gasteiger partial charge on any atom is 0.287 e. The molecule has 1 N–H and O–H groups in total. The van der Waals surface area contributed by atoms with Crippen LogP contribution in [0.4, 0.5) is 4.39 Å². The number of nitrogens with one attached hydrogen (secondary N) is 1. The van der Waals surface area contributed by atoms with Crippen LogP contribution in [0.3, 0.4) is 0 Å².